The molecule has 0 saturated carbocycles. The molecule has 3 aromatic rings. The lowest BCUT2D eigenvalue weighted by Crippen LogP contribution is -2.50. The zero-order valence-electron chi connectivity index (χ0n) is 19.1. The summed E-state index contributed by atoms with van der Waals surface area (Å²) in [5.74, 6) is -1.19. The smallest absolute Gasteiger partial charge is 0.272 e. The number of halogens is 1. The third kappa shape index (κ3) is 4.64. The fourth-order valence-electron chi connectivity index (χ4n) is 4.56. The molecule has 35 heavy (non-hydrogen) atoms. The van der Waals surface area contributed by atoms with E-state index in [-0.39, 0.29) is 17.0 Å². The molecule has 2 aliphatic heterocycles. The van der Waals surface area contributed by atoms with Gasteiger partial charge in [-0.1, -0.05) is 12.1 Å². The predicted molar refractivity (Wildman–Crippen MR) is 127 cm³/mol. The summed E-state index contributed by atoms with van der Waals surface area (Å²) in [7, 11) is 0. The number of amides is 2. The quantitative estimate of drug-likeness (QED) is 0.595. The molecule has 10 heteroatoms. The molecule has 1 aromatic carbocycles. The molecule has 2 aliphatic rings. The van der Waals surface area contributed by atoms with Gasteiger partial charge >= 0.3 is 0 Å². The van der Waals surface area contributed by atoms with Crippen molar-refractivity contribution >= 4 is 17.5 Å². The average molecular weight is 477 g/mol. The van der Waals surface area contributed by atoms with Crippen molar-refractivity contribution in [1.82, 2.24) is 25.0 Å². The van der Waals surface area contributed by atoms with Crippen LogP contribution in [0.5, 0.6) is 0 Å². The van der Waals surface area contributed by atoms with E-state index in [0.29, 0.717) is 61.5 Å². The van der Waals surface area contributed by atoms with Gasteiger partial charge < -0.3 is 15.1 Å². The molecule has 5 rings (SSSR count). The summed E-state index contributed by atoms with van der Waals surface area (Å²) < 4.78 is 14.7. The van der Waals surface area contributed by atoms with Crippen molar-refractivity contribution in [2.45, 2.75) is 19.3 Å². The Bertz CT molecular complexity index is 1320. The number of piperazine rings is 1. The first-order valence-corrected chi connectivity index (χ1v) is 11.6. The zero-order chi connectivity index (χ0) is 24.4. The number of benzene rings is 1. The van der Waals surface area contributed by atoms with E-state index in [1.54, 1.807) is 46.3 Å². The first kappa shape index (κ1) is 22.7. The number of hydrogen-bond donors (Lipinski definition) is 2. The van der Waals surface area contributed by atoms with Gasteiger partial charge in [0.1, 0.15) is 11.5 Å². The average Bonchev–Trinajstić information content (AvgIpc) is 2.91. The number of carbonyl (C=O) groups excluding carboxylic acids is 2. The molecule has 0 aliphatic carbocycles. The molecule has 2 aromatic heterocycles. The zero-order valence-corrected chi connectivity index (χ0v) is 19.1. The molecular formula is C25H25FN6O3. The van der Waals surface area contributed by atoms with E-state index < -0.39 is 11.7 Å². The van der Waals surface area contributed by atoms with E-state index >= 15 is 0 Å². The molecule has 0 bridgehead atoms. The number of aromatic nitrogens is 3. The number of nitrogens with zero attached hydrogens (tertiary/aromatic N) is 4. The molecule has 1 fully saturated rings. The van der Waals surface area contributed by atoms with Crippen molar-refractivity contribution in [3.8, 4) is 0 Å². The lowest BCUT2D eigenvalue weighted by atomic mass is 9.99. The fraction of sp³-hybridized carbons (Fsp3) is 0.320. The second kappa shape index (κ2) is 9.65. The van der Waals surface area contributed by atoms with Gasteiger partial charge in [0.25, 0.3) is 17.4 Å². The van der Waals surface area contributed by atoms with Crippen LogP contribution in [0.25, 0.3) is 0 Å². The highest BCUT2D eigenvalue weighted by Crippen LogP contribution is 2.24. The summed E-state index contributed by atoms with van der Waals surface area (Å²) in [6.45, 7) is 2.07. The highest BCUT2D eigenvalue weighted by atomic mass is 19.1. The van der Waals surface area contributed by atoms with E-state index in [4.69, 9.17) is 0 Å². The van der Waals surface area contributed by atoms with E-state index in [2.05, 4.69) is 20.5 Å². The minimum Gasteiger partial charge on any atom is -0.383 e. The minimum atomic E-state index is -0.597. The first-order chi connectivity index (χ1) is 17.0. The molecule has 9 nitrogen and oxygen atoms in total. The maximum Gasteiger partial charge on any atom is 0.272 e. The van der Waals surface area contributed by atoms with Gasteiger partial charge in [-0.15, -0.1) is 0 Å². The number of fused-ring (bicyclic) bond motifs is 1. The summed E-state index contributed by atoms with van der Waals surface area (Å²) in [5, 5.41) is 9.98. The van der Waals surface area contributed by atoms with Crippen molar-refractivity contribution in [3.05, 3.63) is 86.8 Å². The van der Waals surface area contributed by atoms with Gasteiger partial charge in [0, 0.05) is 50.9 Å². The second-order valence-corrected chi connectivity index (χ2v) is 8.67. The highest BCUT2D eigenvalue weighted by molar-refractivity contribution is 5.95. The molecule has 2 amide bonds. The number of rotatable bonds is 4. The summed E-state index contributed by atoms with van der Waals surface area (Å²) in [4.78, 5) is 45.1. The first-order valence-electron chi connectivity index (χ1n) is 11.6. The van der Waals surface area contributed by atoms with Gasteiger partial charge in [0.2, 0.25) is 0 Å². The van der Waals surface area contributed by atoms with Crippen molar-refractivity contribution in [2.75, 3.05) is 38.0 Å². The Morgan fingerprint density at radius 2 is 1.80 bits per heavy atom. The van der Waals surface area contributed by atoms with Gasteiger partial charge in [-0.05, 0) is 42.7 Å². The molecule has 180 valence electrons. The maximum atomic E-state index is 14.7. The Morgan fingerprint density at radius 1 is 1.03 bits per heavy atom. The van der Waals surface area contributed by atoms with E-state index in [1.807, 2.05) is 0 Å². The number of hydrogen-bond acceptors (Lipinski definition) is 6. The Hall–Kier alpha value is -4.08. The van der Waals surface area contributed by atoms with Gasteiger partial charge in [-0.3, -0.25) is 19.4 Å². The maximum absolute atomic E-state index is 14.7. The number of nitrogens with one attached hydrogen (secondary N) is 2. The summed E-state index contributed by atoms with van der Waals surface area (Å²) >= 11 is 0. The molecular weight excluding hydrogens is 451 g/mol. The minimum absolute atomic E-state index is 0.0155. The molecule has 2 N–H and O–H groups in total. The van der Waals surface area contributed by atoms with E-state index in [1.165, 1.54) is 6.07 Å². The lowest BCUT2D eigenvalue weighted by Gasteiger charge is -2.34. The molecule has 0 unspecified atom stereocenters. The van der Waals surface area contributed by atoms with Crippen LogP contribution in [0.2, 0.25) is 0 Å². The Balaban J connectivity index is 1.29. The SMILES string of the molecule is O=C(c1ccccn1)N1CCN(C(=O)c2cc(Cc3n[nH]c(=O)c4c3NCCC4)ccc2F)CC1. The van der Waals surface area contributed by atoms with Crippen LogP contribution in [0.1, 0.15) is 44.1 Å². The normalized spacial score (nSPS) is 15.3. The monoisotopic (exact) mass is 476 g/mol. The second-order valence-electron chi connectivity index (χ2n) is 8.67. The highest BCUT2D eigenvalue weighted by Gasteiger charge is 2.27. The number of anilines is 1. The van der Waals surface area contributed by atoms with Crippen molar-refractivity contribution in [2.24, 2.45) is 0 Å². The predicted octanol–water partition coefficient (Wildman–Crippen LogP) is 1.85. The van der Waals surface area contributed by atoms with Crippen LogP contribution in [-0.4, -0.2) is 69.5 Å². The Morgan fingerprint density at radius 3 is 2.54 bits per heavy atom. The number of carbonyl (C=O) groups is 2. The number of pyridine rings is 1. The third-order valence-corrected chi connectivity index (χ3v) is 6.43. The van der Waals surface area contributed by atoms with Crippen LogP contribution >= 0.6 is 0 Å². The lowest BCUT2D eigenvalue weighted by molar-refractivity contribution is 0.0529. The van der Waals surface area contributed by atoms with E-state index in [9.17, 15) is 18.8 Å². The van der Waals surface area contributed by atoms with Crippen LogP contribution in [-0.2, 0) is 12.8 Å². The standard InChI is InChI=1S/C25H25FN6O3/c26-19-7-6-16(15-21-22-17(4-3-9-28-22)23(33)30-29-21)14-18(19)24(34)31-10-12-32(13-11-31)25(35)20-5-1-2-8-27-20/h1-2,5-8,14,28H,3-4,9-13,15H2,(H,30,33). The van der Waals surface area contributed by atoms with Crippen molar-refractivity contribution in [3.63, 3.8) is 0 Å². The van der Waals surface area contributed by atoms with Crippen LogP contribution < -0.4 is 10.9 Å². The molecule has 0 spiro atoms. The van der Waals surface area contributed by atoms with Crippen LogP contribution in [0.15, 0.2) is 47.4 Å². The summed E-state index contributed by atoms with van der Waals surface area (Å²) in [6.07, 6.45) is 3.46. The van der Waals surface area contributed by atoms with Gasteiger partial charge in [-0.25, -0.2) is 9.49 Å². The summed E-state index contributed by atoms with van der Waals surface area (Å²) in [6, 6.07) is 9.61. The van der Waals surface area contributed by atoms with Crippen LogP contribution in [0, 0.1) is 5.82 Å². The molecule has 1 saturated heterocycles. The van der Waals surface area contributed by atoms with Gasteiger partial charge in [0.05, 0.1) is 16.9 Å². The Labute approximate surface area is 201 Å². The van der Waals surface area contributed by atoms with Crippen molar-refractivity contribution < 1.29 is 14.0 Å². The number of H-pyrrole nitrogens is 1. The largest absolute Gasteiger partial charge is 0.383 e. The van der Waals surface area contributed by atoms with Crippen LogP contribution in [0.3, 0.4) is 0 Å². The van der Waals surface area contributed by atoms with Gasteiger partial charge in [-0.2, -0.15) is 5.10 Å². The molecule has 4 heterocycles. The summed E-state index contributed by atoms with van der Waals surface area (Å²) in [5.41, 5.74) is 2.92. The third-order valence-electron chi connectivity index (χ3n) is 6.43. The van der Waals surface area contributed by atoms with Crippen LogP contribution in [0.4, 0.5) is 10.1 Å². The Kier molecular flexibility index (Phi) is 6.26. The molecule has 0 radical (unpaired) electrons. The van der Waals surface area contributed by atoms with E-state index in [0.717, 1.165) is 18.7 Å². The molecule has 0 atom stereocenters. The fourth-order valence-corrected chi connectivity index (χ4v) is 4.56. The van der Waals surface area contributed by atoms with Gasteiger partial charge in [0.15, 0.2) is 0 Å². The number of aromatic amines is 1. The van der Waals surface area contributed by atoms with Crippen molar-refractivity contribution in [1.29, 1.82) is 0 Å². The topological polar surface area (TPSA) is 111 Å².